The van der Waals surface area contributed by atoms with Crippen molar-refractivity contribution in [2.45, 2.75) is 6.42 Å². The van der Waals surface area contributed by atoms with E-state index in [1.807, 2.05) is 36.4 Å². The molecular weight excluding hydrogens is 500 g/mol. The van der Waals surface area contributed by atoms with Crippen LogP contribution in [0.15, 0.2) is 78.9 Å². The minimum absolute atomic E-state index is 0.0293. The fourth-order valence-corrected chi connectivity index (χ4v) is 4.56. The highest BCUT2D eigenvalue weighted by atomic mass is 17.2. The van der Waals surface area contributed by atoms with Crippen LogP contribution in [0, 0.1) is 0 Å². The zero-order chi connectivity index (χ0) is 27.5. The quantitative estimate of drug-likeness (QED) is 0.196. The highest BCUT2D eigenvalue weighted by Crippen LogP contribution is 2.42. The summed E-state index contributed by atoms with van der Waals surface area (Å²) in [6.07, 6.45) is 2.94. The van der Waals surface area contributed by atoms with Gasteiger partial charge in [-0.2, -0.15) is 0 Å². The van der Waals surface area contributed by atoms with E-state index in [0.717, 1.165) is 22.8 Å². The van der Waals surface area contributed by atoms with Crippen molar-refractivity contribution >= 4 is 29.2 Å². The van der Waals surface area contributed by atoms with Gasteiger partial charge >= 0.3 is 11.9 Å². The molecule has 3 aliphatic carbocycles. The van der Waals surface area contributed by atoms with Crippen LogP contribution >= 0.6 is 0 Å². The lowest BCUT2D eigenvalue weighted by Gasteiger charge is -2.10. The normalized spacial score (nSPS) is 12.5. The summed E-state index contributed by atoms with van der Waals surface area (Å²) in [6.45, 7) is 0. The van der Waals surface area contributed by atoms with E-state index in [2.05, 4.69) is 0 Å². The summed E-state index contributed by atoms with van der Waals surface area (Å²) in [7, 11) is 2.86. The molecular formula is C31H24O8. The van der Waals surface area contributed by atoms with Gasteiger partial charge in [-0.05, 0) is 75.7 Å². The van der Waals surface area contributed by atoms with Crippen molar-refractivity contribution in [1.29, 1.82) is 0 Å². The molecule has 8 nitrogen and oxygen atoms in total. The lowest BCUT2D eigenvalue weighted by atomic mass is 9.99. The summed E-state index contributed by atoms with van der Waals surface area (Å²) < 4.78 is 10.3. The van der Waals surface area contributed by atoms with Gasteiger partial charge in [-0.25, -0.2) is 19.4 Å². The molecule has 2 aromatic rings. The van der Waals surface area contributed by atoms with E-state index in [0.29, 0.717) is 28.7 Å². The molecule has 2 aromatic carbocycles. The van der Waals surface area contributed by atoms with Crippen LogP contribution in [0.1, 0.15) is 22.3 Å². The number of allylic oxidation sites excluding steroid dienone is 1. The number of benzene rings is 2. The van der Waals surface area contributed by atoms with Gasteiger partial charge in [0.25, 0.3) is 0 Å². The molecule has 0 amide bonds. The summed E-state index contributed by atoms with van der Waals surface area (Å²) in [4.78, 5) is 35.5. The van der Waals surface area contributed by atoms with Gasteiger partial charge in [0, 0.05) is 6.08 Å². The maximum atomic E-state index is 13.3. The van der Waals surface area contributed by atoms with E-state index < -0.39 is 11.9 Å². The van der Waals surface area contributed by atoms with Crippen molar-refractivity contribution in [2.75, 3.05) is 14.2 Å². The number of ether oxygens (including phenoxy) is 2. The number of hydrogen-bond donors (Lipinski definition) is 2. The molecule has 0 aliphatic heterocycles. The summed E-state index contributed by atoms with van der Waals surface area (Å²) in [5, 5.41) is 19.8. The van der Waals surface area contributed by atoms with Gasteiger partial charge in [0.15, 0.2) is 23.0 Å². The predicted octanol–water partition coefficient (Wildman–Crippen LogP) is 5.40. The van der Waals surface area contributed by atoms with E-state index in [4.69, 9.17) is 19.2 Å². The van der Waals surface area contributed by atoms with Crippen LogP contribution in [-0.4, -0.2) is 36.4 Å². The van der Waals surface area contributed by atoms with Crippen molar-refractivity contribution in [3.63, 3.8) is 0 Å². The molecule has 39 heavy (non-hydrogen) atoms. The van der Waals surface area contributed by atoms with Crippen LogP contribution in [0.25, 0.3) is 28.3 Å². The first-order valence-electron chi connectivity index (χ1n) is 12.0. The molecule has 0 unspecified atom stereocenters. The maximum absolute atomic E-state index is 13.3. The van der Waals surface area contributed by atoms with Crippen molar-refractivity contribution in [1.82, 2.24) is 0 Å². The molecule has 5 rings (SSSR count). The minimum atomic E-state index is -0.903. The Morgan fingerprint density at radius 2 is 1.46 bits per heavy atom. The summed E-state index contributed by atoms with van der Waals surface area (Å²) >= 11 is 0. The smallest absolute Gasteiger partial charge is 0.387 e. The van der Waals surface area contributed by atoms with E-state index in [-0.39, 0.29) is 28.6 Å². The number of hydrogen-bond acceptors (Lipinski definition) is 8. The third kappa shape index (κ3) is 5.13. The van der Waals surface area contributed by atoms with Gasteiger partial charge in [0.1, 0.15) is 0 Å². The molecule has 196 valence electrons. The van der Waals surface area contributed by atoms with Gasteiger partial charge in [-0.1, -0.05) is 48.5 Å². The number of methoxy groups -OCH3 is 2. The fraction of sp³-hybridized carbons (Fsp3) is 0.0968. The van der Waals surface area contributed by atoms with E-state index in [1.165, 1.54) is 38.5 Å². The Kier molecular flexibility index (Phi) is 6.93. The summed E-state index contributed by atoms with van der Waals surface area (Å²) in [5.74, 6) is -1.30. The third-order valence-corrected chi connectivity index (χ3v) is 6.48. The van der Waals surface area contributed by atoms with Crippen LogP contribution in [0.5, 0.6) is 23.0 Å². The number of fused-ring (bicyclic) bond motifs is 2. The molecule has 0 saturated carbocycles. The topological polar surface area (TPSA) is 112 Å². The summed E-state index contributed by atoms with van der Waals surface area (Å²) in [5.41, 5.74) is 5.71. The number of phenolic OH excluding ortho intramolecular Hbond substituents is 2. The van der Waals surface area contributed by atoms with Crippen molar-refractivity contribution in [3.8, 4) is 34.1 Å². The average Bonchev–Trinajstić information content (AvgIpc) is 3.50. The van der Waals surface area contributed by atoms with Gasteiger partial charge < -0.3 is 19.7 Å². The molecule has 0 spiro atoms. The second-order valence-electron chi connectivity index (χ2n) is 8.81. The molecule has 0 saturated heterocycles. The Bertz CT molecular complexity index is 1610. The number of carbonyl (C=O) groups excluding carboxylic acids is 2. The molecule has 2 N–H and O–H groups in total. The second kappa shape index (κ2) is 10.6. The minimum Gasteiger partial charge on any atom is -0.504 e. The Labute approximate surface area is 224 Å². The van der Waals surface area contributed by atoms with Crippen LogP contribution in [0.3, 0.4) is 0 Å². The van der Waals surface area contributed by atoms with Crippen molar-refractivity contribution in [2.24, 2.45) is 0 Å². The van der Waals surface area contributed by atoms with E-state index in [1.54, 1.807) is 18.2 Å². The van der Waals surface area contributed by atoms with Crippen molar-refractivity contribution < 1.29 is 39.1 Å². The Morgan fingerprint density at radius 1 is 0.769 bits per heavy atom. The number of rotatable bonds is 6. The van der Waals surface area contributed by atoms with Crippen molar-refractivity contribution in [3.05, 3.63) is 101 Å². The Balaban J connectivity index is 1.43. The molecule has 0 radical (unpaired) electrons. The van der Waals surface area contributed by atoms with Crippen LogP contribution < -0.4 is 9.47 Å². The molecule has 8 heteroatoms. The Hall–Kier alpha value is -5.24. The van der Waals surface area contributed by atoms with Gasteiger partial charge in [0.2, 0.25) is 0 Å². The number of aromatic hydroxyl groups is 2. The fourth-order valence-electron chi connectivity index (χ4n) is 4.56. The lowest BCUT2D eigenvalue weighted by molar-refractivity contribution is -0.249. The first kappa shape index (κ1) is 25.4. The average molecular weight is 525 g/mol. The van der Waals surface area contributed by atoms with Crippen LogP contribution in [0.2, 0.25) is 0 Å². The SMILES string of the molecule is COc1cc(/C=C/C(=O)OOC(=O)C2=C(c3ccc(O)c(OC)c3)Cc3cc4cccc-4ccc32)ccc1O. The molecule has 0 atom stereocenters. The first-order valence-corrected chi connectivity index (χ1v) is 12.0. The third-order valence-electron chi connectivity index (χ3n) is 6.48. The standard InChI is InChI=1S/C31H24O8/c1-36-27-14-18(6-11-25(27)32)7-13-29(34)38-39-31(35)30-23-10-8-19-4-3-5-20(19)15-22(23)16-24(30)21-9-12-26(33)28(17-21)37-2/h3-15,17,32-33H,16H2,1-2H3/b13-7+. The molecule has 0 bridgehead atoms. The molecule has 0 fully saturated rings. The number of carbonyl (C=O) groups is 2. The summed E-state index contributed by atoms with van der Waals surface area (Å²) in [6, 6.07) is 21.1. The maximum Gasteiger partial charge on any atom is 0.387 e. The largest absolute Gasteiger partial charge is 0.504 e. The predicted molar refractivity (Wildman–Crippen MR) is 144 cm³/mol. The number of phenols is 2. The highest BCUT2D eigenvalue weighted by Gasteiger charge is 2.30. The van der Waals surface area contributed by atoms with Gasteiger partial charge in [0.05, 0.1) is 19.8 Å². The molecule has 0 heterocycles. The Morgan fingerprint density at radius 3 is 2.23 bits per heavy atom. The monoisotopic (exact) mass is 524 g/mol. The first-order chi connectivity index (χ1) is 18.9. The highest BCUT2D eigenvalue weighted by molar-refractivity contribution is 6.27. The lowest BCUT2D eigenvalue weighted by Crippen LogP contribution is -2.11. The van der Waals surface area contributed by atoms with E-state index in [9.17, 15) is 19.8 Å². The zero-order valence-electron chi connectivity index (χ0n) is 21.1. The molecule has 3 aliphatic rings. The molecule has 0 aromatic heterocycles. The van der Waals surface area contributed by atoms with Gasteiger partial charge in [-0.3, -0.25) is 0 Å². The second-order valence-corrected chi connectivity index (χ2v) is 8.81. The van der Waals surface area contributed by atoms with Crippen LogP contribution in [-0.2, 0) is 25.8 Å². The van der Waals surface area contributed by atoms with Crippen LogP contribution in [0.4, 0.5) is 0 Å². The van der Waals surface area contributed by atoms with E-state index >= 15 is 0 Å². The zero-order valence-corrected chi connectivity index (χ0v) is 21.1. The van der Waals surface area contributed by atoms with Gasteiger partial charge in [-0.15, -0.1) is 0 Å².